The van der Waals surface area contributed by atoms with Crippen molar-refractivity contribution in [1.82, 2.24) is 0 Å². The standard InChI is InChI=1S/C13H18ClNS/c14-11-7-3-4-8-12(11)16-13(9-15)10-5-1-2-6-10/h3-4,7-8,10,13H,1-2,5-6,9,15H2. The highest BCUT2D eigenvalue weighted by molar-refractivity contribution is 8.00. The highest BCUT2D eigenvalue weighted by Gasteiger charge is 2.25. The normalized spacial score (nSPS) is 18.9. The molecule has 0 amide bonds. The van der Waals surface area contributed by atoms with Crippen LogP contribution in [-0.4, -0.2) is 11.8 Å². The van der Waals surface area contributed by atoms with Gasteiger partial charge >= 0.3 is 0 Å². The van der Waals surface area contributed by atoms with Crippen molar-refractivity contribution < 1.29 is 0 Å². The second kappa shape index (κ2) is 5.95. The molecule has 2 N–H and O–H groups in total. The van der Waals surface area contributed by atoms with E-state index in [2.05, 4.69) is 6.07 Å². The summed E-state index contributed by atoms with van der Waals surface area (Å²) < 4.78 is 0. The minimum absolute atomic E-state index is 0.530. The average molecular weight is 256 g/mol. The van der Waals surface area contributed by atoms with Crippen molar-refractivity contribution in [1.29, 1.82) is 0 Å². The van der Waals surface area contributed by atoms with Crippen LogP contribution in [0.15, 0.2) is 29.2 Å². The van der Waals surface area contributed by atoms with E-state index in [0.717, 1.165) is 17.5 Å². The van der Waals surface area contributed by atoms with Gasteiger partial charge in [-0.1, -0.05) is 36.6 Å². The number of halogens is 1. The van der Waals surface area contributed by atoms with E-state index in [1.807, 2.05) is 30.0 Å². The summed E-state index contributed by atoms with van der Waals surface area (Å²) in [5.41, 5.74) is 5.89. The molecule has 0 bridgehead atoms. The van der Waals surface area contributed by atoms with Crippen LogP contribution in [0, 0.1) is 5.92 Å². The summed E-state index contributed by atoms with van der Waals surface area (Å²) in [6.45, 7) is 0.751. The zero-order chi connectivity index (χ0) is 11.4. The van der Waals surface area contributed by atoms with E-state index in [1.165, 1.54) is 30.6 Å². The maximum absolute atomic E-state index is 6.17. The summed E-state index contributed by atoms with van der Waals surface area (Å²) in [5, 5.41) is 1.38. The third kappa shape index (κ3) is 2.93. The fourth-order valence-electron chi connectivity index (χ4n) is 2.37. The Labute approximate surface area is 107 Å². The molecule has 1 saturated carbocycles. The Kier molecular flexibility index (Phi) is 4.56. The Hall–Kier alpha value is -0.180. The fraction of sp³-hybridized carbons (Fsp3) is 0.538. The Morgan fingerprint density at radius 3 is 2.62 bits per heavy atom. The van der Waals surface area contributed by atoms with Crippen LogP contribution in [0.4, 0.5) is 0 Å². The van der Waals surface area contributed by atoms with Crippen molar-refractivity contribution in [3.63, 3.8) is 0 Å². The van der Waals surface area contributed by atoms with Gasteiger partial charge in [-0.2, -0.15) is 0 Å². The van der Waals surface area contributed by atoms with Gasteiger partial charge < -0.3 is 5.73 Å². The second-order valence-electron chi connectivity index (χ2n) is 4.37. The maximum Gasteiger partial charge on any atom is 0.0541 e. The van der Waals surface area contributed by atoms with E-state index < -0.39 is 0 Å². The van der Waals surface area contributed by atoms with Gasteiger partial charge in [0, 0.05) is 16.7 Å². The predicted molar refractivity (Wildman–Crippen MR) is 72.1 cm³/mol. The Morgan fingerprint density at radius 2 is 2.00 bits per heavy atom. The number of nitrogens with two attached hydrogens (primary N) is 1. The summed E-state index contributed by atoms with van der Waals surface area (Å²) in [5.74, 6) is 0.784. The first-order chi connectivity index (χ1) is 7.81. The van der Waals surface area contributed by atoms with E-state index in [-0.39, 0.29) is 0 Å². The lowest BCUT2D eigenvalue weighted by Crippen LogP contribution is -2.24. The summed E-state index contributed by atoms with van der Waals surface area (Å²) in [7, 11) is 0. The van der Waals surface area contributed by atoms with Crippen LogP contribution in [0.2, 0.25) is 5.02 Å². The summed E-state index contributed by atoms with van der Waals surface area (Å²) in [6.07, 6.45) is 5.40. The summed E-state index contributed by atoms with van der Waals surface area (Å²) >= 11 is 8.03. The summed E-state index contributed by atoms with van der Waals surface area (Å²) in [4.78, 5) is 1.17. The van der Waals surface area contributed by atoms with Gasteiger partial charge in [0.2, 0.25) is 0 Å². The highest BCUT2D eigenvalue weighted by Crippen LogP contribution is 2.38. The molecule has 0 aliphatic heterocycles. The molecule has 88 valence electrons. The molecule has 1 nitrogen and oxygen atoms in total. The maximum atomic E-state index is 6.17. The Morgan fingerprint density at radius 1 is 1.31 bits per heavy atom. The van der Waals surface area contributed by atoms with Crippen molar-refractivity contribution in [3.8, 4) is 0 Å². The zero-order valence-corrected chi connectivity index (χ0v) is 10.9. The van der Waals surface area contributed by atoms with Gasteiger partial charge in [-0.3, -0.25) is 0 Å². The van der Waals surface area contributed by atoms with Crippen molar-refractivity contribution in [3.05, 3.63) is 29.3 Å². The first-order valence-electron chi connectivity index (χ1n) is 5.92. The van der Waals surface area contributed by atoms with Crippen molar-refractivity contribution in [2.45, 2.75) is 35.8 Å². The van der Waals surface area contributed by atoms with Gasteiger partial charge in [0.1, 0.15) is 0 Å². The number of thioether (sulfide) groups is 1. The molecule has 1 fully saturated rings. The van der Waals surface area contributed by atoms with Gasteiger partial charge in [-0.25, -0.2) is 0 Å². The van der Waals surface area contributed by atoms with E-state index in [9.17, 15) is 0 Å². The van der Waals surface area contributed by atoms with Crippen molar-refractivity contribution in [2.24, 2.45) is 11.7 Å². The molecule has 0 spiro atoms. The number of benzene rings is 1. The molecule has 1 aromatic rings. The molecule has 0 saturated heterocycles. The van der Waals surface area contributed by atoms with Gasteiger partial charge in [0.15, 0.2) is 0 Å². The minimum atomic E-state index is 0.530. The van der Waals surface area contributed by atoms with Gasteiger partial charge in [0.05, 0.1) is 5.02 Å². The van der Waals surface area contributed by atoms with E-state index in [0.29, 0.717) is 5.25 Å². The van der Waals surface area contributed by atoms with Gasteiger partial charge in [-0.15, -0.1) is 11.8 Å². The van der Waals surface area contributed by atoms with E-state index >= 15 is 0 Å². The lowest BCUT2D eigenvalue weighted by atomic mass is 10.0. The second-order valence-corrected chi connectivity index (χ2v) is 6.06. The van der Waals surface area contributed by atoms with Crippen LogP contribution in [-0.2, 0) is 0 Å². The lowest BCUT2D eigenvalue weighted by molar-refractivity contribution is 0.525. The number of rotatable bonds is 4. The first kappa shape index (κ1) is 12.3. The van der Waals surface area contributed by atoms with Crippen molar-refractivity contribution >= 4 is 23.4 Å². The molecule has 1 unspecified atom stereocenters. The van der Waals surface area contributed by atoms with Crippen LogP contribution in [0.3, 0.4) is 0 Å². The molecule has 1 aliphatic carbocycles. The van der Waals surface area contributed by atoms with Crippen LogP contribution in [0.1, 0.15) is 25.7 Å². The number of hydrogen-bond donors (Lipinski definition) is 1. The monoisotopic (exact) mass is 255 g/mol. The molecule has 0 aromatic heterocycles. The Bertz CT molecular complexity index is 336. The first-order valence-corrected chi connectivity index (χ1v) is 7.18. The van der Waals surface area contributed by atoms with Crippen LogP contribution in [0.5, 0.6) is 0 Å². The topological polar surface area (TPSA) is 26.0 Å². The zero-order valence-electron chi connectivity index (χ0n) is 9.36. The molecular formula is C13H18ClNS. The molecule has 1 aliphatic rings. The molecule has 16 heavy (non-hydrogen) atoms. The lowest BCUT2D eigenvalue weighted by Gasteiger charge is -2.21. The molecular weight excluding hydrogens is 238 g/mol. The molecule has 0 heterocycles. The van der Waals surface area contributed by atoms with Gasteiger partial charge in [0.25, 0.3) is 0 Å². The quantitative estimate of drug-likeness (QED) is 0.825. The van der Waals surface area contributed by atoms with Crippen LogP contribution < -0.4 is 5.73 Å². The Balaban J connectivity index is 2.03. The largest absolute Gasteiger partial charge is 0.329 e. The minimum Gasteiger partial charge on any atom is -0.329 e. The average Bonchev–Trinajstić information content (AvgIpc) is 2.81. The molecule has 2 rings (SSSR count). The van der Waals surface area contributed by atoms with Gasteiger partial charge in [-0.05, 0) is 30.9 Å². The van der Waals surface area contributed by atoms with Crippen LogP contribution in [0.25, 0.3) is 0 Å². The fourth-order valence-corrected chi connectivity index (χ4v) is 3.86. The smallest absolute Gasteiger partial charge is 0.0541 e. The number of hydrogen-bond acceptors (Lipinski definition) is 2. The summed E-state index contributed by atoms with van der Waals surface area (Å²) in [6, 6.07) is 8.05. The van der Waals surface area contributed by atoms with E-state index in [1.54, 1.807) is 0 Å². The molecule has 1 atom stereocenters. The highest BCUT2D eigenvalue weighted by atomic mass is 35.5. The third-order valence-electron chi connectivity index (χ3n) is 3.27. The van der Waals surface area contributed by atoms with Crippen molar-refractivity contribution in [2.75, 3.05) is 6.54 Å². The molecule has 3 heteroatoms. The SMILES string of the molecule is NCC(Sc1ccccc1Cl)C1CCCC1. The molecule has 1 aromatic carbocycles. The molecule has 0 radical (unpaired) electrons. The third-order valence-corrected chi connectivity index (χ3v) is 5.20. The predicted octanol–water partition coefficient (Wildman–Crippen LogP) is 3.95. The van der Waals surface area contributed by atoms with Crippen LogP contribution >= 0.6 is 23.4 Å². The van der Waals surface area contributed by atoms with E-state index in [4.69, 9.17) is 17.3 Å².